The van der Waals surface area contributed by atoms with Crippen LogP contribution in [0.2, 0.25) is 5.02 Å². The molecule has 0 aliphatic carbocycles. The van der Waals surface area contributed by atoms with Crippen LogP contribution in [0.4, 0.5) is 0 Å². The van der Waals surface area contributed by atoms with Crippen LogP contribution >= 0.6 is 11.6 Å². The molecule has 1 fully saturated rings. The molecule has 0 unspecified atom stereocenters. The van der Waals surface area contributed by atoms with Gasteiger partial charge in [-0.3, -0.25) is 4.79 Å². The molecule has 0 atom stereocenters. The second-order valence-corrected chi connectivity index (χ2v) is 5.17. The Morgan fingerprint density at radius 3 is 2.47 bits per heavy atom. The molecule has 4 nitrogen and oxygen atoms in total. The Kier molecular flexibility index (Phi) is 5.05. The van der Waals surface area contributed by atoms with Gasteiger partial charge >= 0.3 is 0 Å². The molecule has 1 amide bonds. The SMILES string of the molecule is CN1CCN(C(=O)CCOc2ccc(Cl)cc2)CC1. The van der Waals surface area contributed by atoms with E-state index in [9.17, 15) is 4.79 Å². The second kappa shape index (κ2) is 6.78. The zero-order valence-electron chi connectivity index (χ0n) is 11.1. The predicted molar refractivity (Wildman–Crippen MR) is 75.6 cm³/mol. The average Bonchev–Trinajstić information content (AvgIpc) is 2.41. The number of hydrogen-bond donors (Lipinski definition) is 0. The van der Waals surface area contributed by atoms with E-state index >= 15 is 0 Å². The second-order valence-electron chi connectivity index (χ2n) is 4.74. The molecule has 0 saturated carbocycles. The van der Waals surface area contributed by atoms with Gasteiger partial charge in [0.2, 0.25) is 5.91 Å². The molecule has 1 aliphatic heterocycles. The first-order chi connectivity index (χ1) is 9.15. The third-order valence-electron chi connectivity index (χ3n) is 3.25. The number of carbonyl (C=O) groups is 1. The molecule has 0 aromatic heterocycles. The molecule has 0 bridgehead atoms. The molecule has 1 heterocycles. The minimum absolute atomic E-state index is 0.169. The number of ether oxygens (including phenoxy) is 1. The summed E-state index contributed by atoms with van der Waals surface area (Å²) in [6.07, 6.45) is 0.423. The number of amides is 1. The van der Waals surface area contributed by atoms with Crippen molar-refractivity contribution in [2.75, 3.05) is 39.8 Å². The van der Waals surface area contributed by atoms with E-state index < -0.39 is 0 Å². The monoisotopic (exact) mass is 282 g/mol. The molecule has 0 N–H and O–H groups in total. The number of hydrogen-bond acceptors (Lipinski definition) is 3. The first kappa shape index (κ1) is 14.2. The van der Waals surface area contributed by atoms with Crippen molar-refractivity contribution in [3.05, 3.63) is 29.3 Å². The van der Waals surface area contributed by atoms with E-state index in [1.807, 2.05) is 17.0 Å². The highest BCUT2D eigenvalue weighted by atomic mass is 35.5. The Bertz CT molecular complexity index is 414. The average molecular weight is 283 g/mol. The molecular formula is C14H19ClN2O2. The molecule has 1 aromatic carbocycles. The van der Waals surface area contributed by atoms with E-state index in [1.54, 1.807) is 12.1 Å². The summed E-state index contributed by atoms with van der Waals surface area (Å²) in [7, 11) is 2.07. The van der Waals surface area contributed by atoms with E-state index in [4.69, 9.17) is 16.3 Å². The Hall–Kier alpha value is -1.26. The minimum Gasteiger partial charge on any atom is -0.493 e. The zero-order chi connectivity index (χ0) is 13.7. The van der Waals surface area contributed by atoms with Gasteiger partial charge in [-0.2, -0.15) is 0 Å². The predicted octanol–water partition coefficient (Wildman–Crippen LogP) is 1.88. The van der Waals surface area contributed by atoms with Crippen molar-refractivity contribution in [2.45, 2.75) is 6.42 Å². The number of carbonyl (C=O) groups excluding carboxylic acids is 1. The summed E-state index contributed by atoms with van der Waals surface area (Å²) < 4.78 is 5.53. The van der Waals surface area contributed by atoms with Crippen molar-refractivity contribution in [2.24, 2.45) is 0 Å². The lowest BCUT2D eigenvalue weighted by molar-refractivity contribution is -0.133. The van der Waals surface area contributed by atoms with E-state index in [0.717, 1.165) is 31.9 Å². The summed E-state index contributed by atoms with van der Waals surface area (Å²) in [4.78, 5) is 16.1. The van der Waals surface area contributed by atoms with Gasteiger partial charge in [-0.05, 0) is 31.3 Å². The van der Waals surface area contributed by atoms with Gasteiger partial charge in [0.1, 0.15) is 5.75 Å². The number of benzene rings is 1. The van der Waals surface area contributed by atoms with Gasteiger partial charge in [0.05, 0.1) is 13.0 Å². The fourth-order valence-corrected chi connectivity index (χ4v) is 2.13. The Morgan fingerprint density at radius 1 is 1.21 bits per heavy atom. The van der Waals surface area contributed by atoms with Crippen molar-refractivity contribution in [3.63, 3.8) is 0 Å². The highest BCUT2D eigenvalue weighted by Gasteiger charge is 2.18. The third-order valence-corrected chi connectivity index (χ3v) is 3.51. The van der Waals surface area contributed by atoms with Gasteiger partial charge in [-0.1, -0.05) is 11.6 Å². The maximum absolute atomic E-state index is 12.0. The van der Waals surface area contributed by atoms with Crippen LogP contribution in [0.1, 0.15) is 6.42 Å². The fourth-order valence-electron chi connectivity index (χ4n) is 2.00. The quantitative estimate of drug-likeness (QED) is 0.845. The number of nitrogens with zero attached hydrogens (tertiary/aromatic N) is 2. The van der Waals surface area contributed by atoms with Gasteiger partial charge < -0.3 is 14.5 Å². The van der Waals surface area contributed by atoms with Crippen LogP contribution in [-0.2, 0) is 4.79 Å². The van der Waals surface area contributed by atoms with Gasteiger partial charge in [0, 0.05) is 31.2 Å². The molecule has 0 spiro atoms. The van der Waals surface area contributed by atoms with Crippen molar-refractivity contribution >= 4 is 17.5 Å². The summed E-state index contributed by atoms with van der Waals surface area (Å²) in [6, 6.07) is 7.17. The van der Waals surface area contributed by atoms with Crippen LogP contribution in [0.25, 0.3) is 0 Å². The maximum atomic E-state index is 12.0. The van der Waals surface area contributed by atoms with E-state index in [-0.39, 0.29) is 5.91 Å². The van der Waals surface area contributed by atoms with E-state index in [0.29, 0.717) is 18.1 Å². The molecule has 2 rings (SSSR count). The maximum Gasteiger partial charge on any atom is 0.226 e. The van der Waals surface area contributed by atoms with Crippen molar-refractivity contribution in [3.8, 4) is 5.75 Å². The lowest BCUT2D eigenvalue weighted by atomic mass is 10.3. The smallest absolute Gasteiger partial charge is 0.226 e. The minimum atomic E-state index is 0.169. The number of piperazine rings is 1. The largest absolute Gasteiger partial charge is 0.493 e. The molecule has 104 valence electrons. The third kappa shape index (κ3) is 4.40. The summed E-state index contributed by atoms with van der Waals surface area (Å²) in [5, 5.41) is 0.681. The van der Waals surface area contributed by atoms with Crippen LogP contribution in [0.3, 0.4) is 0 Å². The first-order valence-corrected chi connectivity index (χ1v) is 6.87. The summed E-state index contributed by atoms with van der Waals surface area (Å²) >= 11 is 5.79. The standard InChI is InChI=1S/C14H19ClN2O2/c1-16-7-9-17(10-8-16)14(18)6-11-19-13-4-2-12(15)3-5-13/h2-5H,6-11H2,1H3. The summed E-state index contributed by atoms with van der Waals surface area (Å²) in [6.45, 7) is 3.94. The molecule has 19 heavy (non-hydrogen) atoms. The number of likely N-dealkylation sites (N-methyl/N-ethyl adjacent to an activating group) is 1. The van der Waals surface area contributed by atoms with Crippen molar-refractivity contribution in [1.29, 1.82) is 0 Å². The van der Waals surface area contributed by atoms with Gasteiger partial charge in [0.15, 0.2) is 0 Å². The number of rotatable bonds is 4. The number of halogens is 1. The van der Waals surface area contributed by atoms with Crippen LogP contribution < -0.4 is 4.74 Å². The van der Waals surface area contributed by atoms with Gasteiger partial charge in [-0.25, -0.2) is 0 Å². The van der Waals surface area contributed by atoms with Crippen LogP contribution in [0, 0.1) is 0 Å². The first-order valence-electron chi connectivity index (χ1n) is 6.50. The van der Waals surface area contributed by atoms with Crippen molar-refractivity contribution in [1.82, 2.24) is 9.80 Å². The molecule has 5 heteroatoms. The Balaban J connectivity index is 1.70. The van der Waals surface area contributed by atoms with Gasteiger partial charge in [-0.15, -0.1) is 0 Å². The highest BCUT2D eigenvalue weighted by Crippen LogP contribution is 2.15. The molecular weight excluding hydrogens is 264 g/mol. The van der Waals surface area contributed by atoms with Crippen LogP contribution in [-0.4, -0.2) is 55.5 Å². The summed E-state index contributed by atoms with van der Waals surface area (Å²) in [5.41, 5.74) is 0. The Labute approximate surface area is 118 Å². The highest BCUT2D eigenvalue weighted by molar-refractivity contribution is 6.30. The molecule has 1 aliphatic rings. The molecule has 1 saturated heterocycles. The van der Waals surface area contributed by atoms with E-state index in [2.05, 4.69) is 11.9 Å². The van der Waals surface area contributed by atoms with E-state index in [1.165, 1.54) is 0 Å². The molecule has 1 aromatic rings. The summed E-state index contributed by atoms with van der Waals surface area (Å²) in [5.74, 6) is 0.914. The lowest BCUT2D eigenvalue weighted by Crippen LogP contribution is -2.47. The molecule has 0 radical (unpaired) electrons. The van der Waals surface area contributed by atoms with Gasteiger partial charge in [0.25, 0.3) is 0 Å². The fraction of sp³-hybridized carbons (Fsp3) is 0.500. The van der Waals surface area contributed by atoms with Crippen LogP contribution in [0.15, 0.2) is 24.3 Å². The lowest BCUT2D eigenvalue weighted by Gasteiger charge is -2.32. The topological polar surface area (TPSA) is 32.8 Å². The Morgan fingerprint density at radius 2 is 1.84 bits per heavy atom. The zero-order valence-corrected chi connectivity index (χ0v) is 11.9. The normalized spacial score (nSPS) is 16.4. The van der Waals surface area contributed by atoms with Crippen LogP contribution in [0.5, 0.6) is 5.75 Å². The van der Waals surface area contributed by atoms with Crippen molar-refractivity contribution < 1.29 is 9.53 Å².